The molecule has 0 aromatic heterocycles. The maximum absolute atomic E-state index is 5.32. The van der Waals surface area contributed by atoms with Crippen molar-refractivity contribution in [1.29, 1.82) is 0 Å². The summed E-state index contributed by atoms with van der Waals surface area (Å²) in [7, 11) is 1.72. The van der Waals surface area contributed by atoms with Gasteiger partial charge in [-0.3, -0.25) is 0 Å². The number of hydrogen-bond acceptors (Lipinski definition) is 1. The van der Waals surface area contributed by atoms with Crippen LogP contribution >= 0.6 is 0 Å². The molecule has 1 aliphatic carbocycles. The van der Waals surface area contributed by atoms with Crippen molar-refractivity contribution in [2.24, 2.45) is 0 Å². The molecule has 0 bridgehead atoms. The molecule has 0 saturated carbocycles. The van der Waals surface area contributed by atoms with Crippen LogP contribution in [0.15, 0.2) is 42.5 Å². The Morgan fingerprint density at radius 3 is 2.62 bits per heavy atom. The summed E-state index contributed by atoms with van der Waals surface area (Å²) in [5.74, 6) is 0.935. The molecule has 0 saturated heterocycles. The van der Waals surface area contributed by atoms with Crippen molar-refractivity contribution in [2.75, 3.05) is 7.11 Å². The topological polar surface area (TPSA) is 9.23 Å². The second kappa shape index (κ2) is 7.47. The SMILES string of the molecule is COc1ccc2c(c1)CCCC(c1ccccc1C)=[C-]2.[Tm]. The van der Waals surface area contributed by atoms with E-state index < -0.39 is 0 Å². The van der Waals surface area contributed by atoms with Crippen LogP contribution in [0.2, 0.25) is 0 Å². The molecule has 0 fully saturated rings. The molecule has 2 aromatic carbocycles. The van der Waals surface area contributed by atoms with Crippen LogP contribution < -0.4 is 4.74 Å². The monoisotopic (exact) mass is 432 g/mol. The number of benzene rings is 2. The van der Waals surface area contributed by atoms with E-state index in [-0.39, 0.29) is 36.9 Å². The van der Waals surface area contributed by atoms with Crippen molar-refractivity contribution in [2.45, 2.75) is 26.2 Å². The minimum atomic E-state index is 0. The Morgan fingerprint density at radius 1 is 1.05 bits per heavy atom. The van der Waals surface area contributed by atoms with E-state index in [2.05, 4.69) is 49.4 Å². The van der Waals surface area contributed by atoms with Gasteiger partial charge in [0, 0.05) is 36.9 Å². The van der Waals surface area contributed by atoms with Crippen LogP contribution in [0.3, 0.4) is 0 Å². The number of aryl methyl sites for hydroxylation is 2. The van der Waals surface area contributed by atoms with Gasteiger partial charge in [-0.2, -0.15) is 0 Å². The van der Waals surface area contributed by atoms with Crippen LogP contribution in [-0.2, 0) is 6.42 Å². The third-order valence-electron chi connectivity index (χ3n) is 3.94. The predicted octanol–water partition coefficient (Wildman–Crippen LogP) is 4.57. The Kier molecular flexibility index (Phi) is 5.90. The predicted molar refractivity (Wildman–Crippen MR) is 82.9 cm³/mol. The van der Waals surface area contributed by atoms with Gasteiger partial charge in [-0.15, -0.1) is 28.8 Å². The number of fused-ring (bicyclic) bond motifs is 1. The van der Waals surface area contributed by atoms with Gasteiger partial charge in [0.05, 0.1) is 7.11 Å². The number of ether oxygens (including phenoxy) is 1. The first-order valence-corrected chi connectivity index (χ1v) is 7.13. The zero-order chi connectivity index (χ0) is 13.9. The summed E-state index contributed by atoms with van der Waals surface area (Å²) in [4.78, 5) is 0. The minimum absolute atomic E-state index is 0. The van der Waals surface area contributed by atoms with Crippen molar-refractivity contribution >= 4 is 5.57 Å². The summed E-state index contributed by atoms with van der Waals surface area (Å²) in [6.07, 6.45) is 6.97. The molecule has 0 aliphatic heterocycles. The number of rotatable bonds is 2. The van der Waals surface area contributed by atoms with E-state index >= 15 is 0 Å². The second-order valence-corrected chi connectivity index (χ2v) is 5.30. The number of allylic oxidation sites excluding steroid dienone is 1. The van der Waals surface area contributed by atoms with Gasteiger partial charge in [-0.25, -0.2) is 0 Å². The van der Waals surface area contributed by atoms with Gasteiger partial charge in [0.2, 0.25) is 0 Å². The zero-order valence-electron chi connectivity index (χ0n) is 12.3. The number of methoxy groups -OCH3 is 1. The van der Waals surface area contributed by atoms with Crippen molar-refractivity contribution in [1.82, 2.24) is 0 Å². The molecule has 2 aromatic rings. The first-order valence-electron chi connectivity index (χ1n) is 7.13. The van der Waals surface area contributed by atoms with Gasteiger partial charge < -0.3 is 4.74 Å². The van der Waals surface area contributed by atoms with E-state index in [1.165, 1.54) is 27.8 Å². The first kappa shape index (κ1) is 16.6. The summed E-state index contributed by atoms with van der Waals surface area (Å²) in [6.45, 7) is 2.17. The minimum Gasteiger partial charge on any atom is -0.498 e. The maximum Gasteiger partial charge on any atom is 0.100 e. The van der Waals surface area contributed by atoms with E-state index in [4.69, 9.17) is 4.74 Å². The van der Waals surface area contributed by atoms with Crippen LogP contribution in [0.25, 0.3) is 5.57 Å². The molecule has 0 N–H and O–H groups in total. The van der Waals surface area contributed by atoms with Crippen molar-refractivity contribution in [3.63, 3.8) is 0 Å². The van der Waals surface area contributed by atoms with Gasteiger partial charge in [0.15, 0.2) is 0 Å². The summed E-state index contributed by atoms with van der Waals surface area (Å²) >= 11 is 0. The standard InChI is InChI=1S/C19H19O.Tm/c1-14-6-3-4-9-19(14)17-8-5-7-15-13-18(20-2)11-10-16(15)12-17;/h3-4,6,9-11,13H,5,7-8H2,1-2H3;/q-1;. The van der Waals surface area contributed by atoms with Crippen LogP contribution in [-0.4, -0.2) is 7.11 Å². The molecular weight excluding hydrogens is 413 g/mol. The largest absolute Gasteiger partial charge is 0.498 e. The van der Waals surface area contributed by atoms with Crippen molar-refractivity contribution in [3.8, 4) is 5.75 Å². The van der Waals surface area contributed by atoms with Crippen LogP contribution in [0.5, 0.6) is 5.75 Å². The molecule has 1 nitrogen and oxygen atoms in total. The molecular formula is C19H19OTm-. The molecule has 21 heavy (non-hydrogen) atoms. The van der Waals surface area contributed by atoms with E-state index in [1.54, 1.807) is 7.11 Å². The third kappa shape index (κ3) is 3.70. The number of hydrogen-bond donors (Lipinski definition) is 0. The summed E-state index contributed by atoms with van der Waals surface area (Å²) in [5.41, 5.74) is 6.53. The average molecular weight is 432 g/mol. The van der Waals surface area contributed by atoms with Gasteiger partial charge in [0.1, 0.15) is 5.75 Å². The van der Waals surface area contributed by atoms with Crippen LogP contribution in [0.1, 0.15) is 35.1 Å². The van der Waals surface area contributed by atoms with Crippen LogP contribution in [0, 0.1) is 49.9 Å². The van der Waals surface area contributed by atoms with E-state index in [0.29, 0.717) is 0 Å². The molecule has 2 heteroatoms. The van der Waals surface area contributed by atoms with E-state index in [9.17, 15) is 0 Å². The Labute approximate surface area is 156 Å². The van der Waals surface area contributed by atoms with Gasteiger partial charge >= 0.3 is 0 Å². The fourth-order valence-corrected chi connectivity index (χ4v) is 2.82. The fraction of sp³-hybridized carbons (Fsp3) is 0.263. The summed E-state index contributed by atoms with van der Waals surface area (Å²) < 4.78 is 5.32. The van der Waals surface area contributed by atoms with Crippen LogP contribution in [0.4, 0.5) is 0 Å². The molecule has 0 spiro atoms. The average Bonchev–Trinajstić information content (AvgIpc) is 2.69. The maximum atomic E-state index is 5.32. The molecule has 1 aliphatic rings. The quantitative estimate of drug-likeness (QED) is 0.632. The molecule has 115 valence electrons. The summed E-state index contributed by atoms with van der Waals surface area (Å²) in [6, 6.07) is 14.9. The molecule has 1 radical (unpaired) electrons. The Morgan fingerprint density at radius 2 is 1.86 bits per heavy atom. The summed E-state index contributed by atoms with van der Waals surface area (Å²) in [5, 5.41) is 0. The third-order valence-corrected chi connectivity index (χ3v) is 3.94. The first-order chi connectivity index (χ1) is 9.78. The molecule has 0 amide bonds. The van der Waals surface area contributed by atoms with E-state index in [0.717, 1.165) is 25.0 Å². The normalized spacial score (nSPS) is 13.5. The molecule has 0 heterocycles. The molecule has 0 unspecified atom stereocenters. The Hall–Kier alpha value is -0.786. The second-order valence-electron chi connectivity index (χ2n) is 5.30. The van der Waals surface area contributed by atoms with Gasteiger partial charge in [-0.1, -0.05) is 60.4 Å². The van der Waals surface area contributed by atoms with Gasteiger partial charge in [-0.05, 0) is 13.3 Å². The Balaban J connectivity index is 0.00000161. The van der Waals surface area contributed by atoms with E-state index in [1.807, 2.05) is 6.07 Å². The fourth-order valence-electron chi connectivity index (χ4n) is 2.82. The van der Waals surface area contributed by atoms with Crippen molar-refractivity contribution in [3.05, 3.63) is 70.8 Å². The smallest absolute Gasteiger partial charge is 0.100 e. The Bertz CT molecular complexity index is 658. The van der Waals surface area contributed by atoms with Crippen molar-refractivity contribution < 1.29 is 41.6 Å². The zero-order valence-corrected chi connectivity index (χ0v) is 14.1. The molecule has 0 atom stereocenters. The molecule has 3 rings (SSSR count). The van der Waals surface area contributed by atoms with Gasteiger partial charge in [0.25, 0.3) is 0 Å².